The minimum atomic E-state index is -4.59. The Morgan fingerprint density at radius 2 is 1.78 bits per heavy atom. The number of benzene rings is 2. The highest BCUT2D eigenvalue weighted by Gasteiger charge is 2.34. The van der Waals surface area contributed by atoms with Gasteiger partial charge in [0.15, 0.2) is 5.82 Å². The molecule has 0 saturated carbocycles. The molecule has 0 bridgehead atoms. The molecule has 5 rings (SSSR count). The number of hydrogen-bond acceptors (Lipinski definition) is 9. The van der Waals surface area contributed by atoms with Crippen LogP contribution in [0.15, 0.2) is 60.9 Å². The number of nitrogens with one attached hydrogen (secondary N) is 3. The highest BCUT2D eigenvalue weighted by Crippen LogP contribution is 2.35. The minimum Gasteiger partial charge on any atom is -0.438 e. The summed E-state index contributed by atoms with van der Waals surface area (Å²) in [6, 6.07) is 12.2. The normalized spacial score (nSPS) is 14.2. The van der Waals surface area contributed by atoms with E-state index in [0.717, 1.165) is 25.4 Å². The molecule has 10 nitrogen and oxygen atoms in total. The summed E-state index contributed by atoms with van der Waals surface area (Å²) >= 11 is 0. The number of carbonyl (C=O) groups is 1. The summed E-state index contributed by atoms with van der Waals surface area (Å²) in [4.78, 5) is 30.5. The van der Waals surface area contributed by atoms with Crippen molar-refractivity contribution in [2.24, 2.45) is 0 Å². The van der Waals surface area contributed by atoms with Crippen LogP contribution in [0.25, 0.3) is 11.4 Å². The van der Waals surface area contributed by atoms with Gasteiger partial charge in [-0.3, -0.25) is 14.7 Å². The second-order valence-corrected chi connectivity index (χ2v) is 10.7. The van der Waals surface area contributed by atoms with Gasteiger partial charge in [0.05, 0.1) is 11.1 Å². The maximum Gasteiger partial charge on any atom is 0.416 e. The van der Waals surface area contributed by atoms with Crippen molar-refractivity contribution in [3.05, 3.63) is 88.7 Å². The van der Waals surface area contributed by atoms with E-state index < -0.39 is 17.6 Å². The van der Waals surface area contributed by atoms with Crippen molar-refractivity contribution in [2.75, 3.05) is 50.9 Å². The van der Waals surface area contributed by atoms with Crippen molar-refractivity contribution < 1.29 is 22.7 Å². The number of alkyl halides is 3. The molecular weight excluding hydrogens is 585 g/mol. The van der Waals surface area contributed by atoms with Gasteiger partial charge in [0.1, 0.15) is 11.6 Å². The van der Waals surface area contributed by atoms with Crippen LogP contribution >= 0.6 is 0 Å². The first-order chi connectivity index (χ1) is 21.5. The van der Waals surface area contributed by atoms with E-state index in [2.05, 4.69) is 30.5 Å². The molecule has 3 heterocycles. The van der Waals surface area contributed by atoms with Crippen LogP contribution in [0.1, 0.15) is 32.6 Å². The first-order valence-corrected chi connectivity index (χ1v) is 14.3. The molecule has 0 unspecified atom stereocenters. The van der Waals surface area contributed by atoms with Crippen LogP contribution < -0.4 is 15.4 Å². The van der Waals surface area contributed by atoms with Crippen LogP contribution in [0.3, 0.4) is 0 Å². The maximum absolute atomic E-state index is 14.1. The Balaban J connectivity index is 1.39. The lowest BCUT2D eigenvalue weighted by Crippen LogP contribution is -2.44. The Bertz CT molecular complexity index is 1690. The van der Waals surface area contributed by atoms with E-state index >= 15 is 0 Å². The van der Waals surface area contributed by atoms with Crippen molar-refractivity contribution in [3.63, 3.8) is 0 Å². The number of carbonyl (C=O) groups excluding carboxylic acids is 1. The number of aromatic nitrogens is 3. The average Bonchev–Trinajstić information content (AvgIpc) is 3.03. The van der Waals surface area contributed by atoms with E-state index in [1.54, 1.807) is 50.6 Å². The van der Waals surface area contributed by atoms with E-state index in [4.69, 9.17) is 10.1 Å². The zero-order valence-corrected chi connectivity index (χ0v) is 25.1. The smallest absolute Gasteiger partial charge is 0.416 e. The molecule has 234 valence electrons. The summed E-state index contributed by atoms with van der Waals surface area (Å²) in [5.41, 5.74) is 1.18. The fourth-order valence-corrected chi connectivity index (χ4v) is 5.00. The molecule has 13 heteroatoms. The second kappa shape index (κ2) is 13.4. The van der Waals surface area contributed by atoms with Crippen LogP contribution in [0.4, 0.5) is 24.7 Å². The van der Waals surface area contributed by atoms with Gasteiger partial charge in [-0.15, -0.1) is 0 Å². The van der Waals surface area contributed by atoms with Gasteiger partial charge in [-0.25, -0.2) is 4.98 Å². The predicted molar refractivity (Wildman–Crippen MR) is 166 cm³/mol. The van der Waals surface area contributed by atoms with E-state index in [0.29, 0.717) is 41.4 Å². The van der Waals surface area contributed by atoms with Gasteiger partial charge in [-0.05, 0) is 61.5 Å². The average molecular weight is 619 g/mol. The first kappa shape index (κ1) is 31.5. The van der Waals surface area contributed by atoms with Crippen LogP contribution in [0, 0.1) is 12.3 Å². The molecular formula is C32H33F3N8O2. The summed E-state index contributed by atoms with van der Waals surface area (Å²) in [5.74, 6) is 0.430. The highest BCUT2D eigenvalue weighted by atomic mass is 19.4. The SMILES string of the molecule is CNc1nc(-c2ccncc2)nc(Oc2ccc(C)c(C(=O)Nc3ccc(CN4CCN(C)CC4)c(C(F)(F)F)c3)c2)c1C=N. The Morgan fingerprint density at radius 1 is 1.04 bits per heavy atom. The lowest BCUT2D eigenvalue weighted by atomic mass is 10.0. The van der Waals surface area contributed by atoms with Crippen LogP contribution in [-0.2, 0) is 12.7 Å². The minimum absolute atomic E-state index is 0.0303. The number of aryl methyl sites for hydroxylation is 1. The third kappa shape index (κ3) is 7.44. The molecule has 45 heavy (non-hydrogen) atoms. The summed E-state index contributed by atoms with van der Waals surface area (Å²) in [6.07, 6.45) is -0.318. The van der Waals surface area contributed by atoms with Crippen molar-refractivity contribution in [3.8, 4) is 23.0 Å². The molecule has 0 aliphatic carbocycles. The fourth-order valence-electron chi connectivity index (χ4n) is 5.00. The quantitative estimate of drug-likeness (QED) is 0.205. The Labute approximate surface area is 258 Å². The molecule has 2 aromatic heterocycles. The Morgan fingerprint density at radius 3 is 2.44 bits per heavy atom. The van der Waals surface area contributed by atoms with Crippen molar-refractivity contribution in [1.82, 2.24) is 24.8 Å². The number of halogens is 3. The van der Waals surface area contributed by atoms with Crippen molar-refractivity contribution in [2.45, 2.75) is 19.6 Å². The lowest BCUT2D eigenvalue weighted by molar-refractivity contribution is -0.138. The molecule has 0 spiro atoms. The number of hydrogen-bond donors (Lipinski definition) is 3. The molecule has 1 amide bonds. The van der Waals surface area contributed by atoms with Gasteiger partial charge in [0.25, 0.3) is 5.91 Å². The largest absolute Gasteiger partial charge is 0.438 e. The van der Waals surface area contributed by atoms with Crippen LogP contribution in [0.5, 0.6) is 11.6 Å². The van der Waals surface area contributed by atoms with Gasteiger partial charge in [0.2, 0.25) is 5.88 Å². The Kier molecular flexibility index (Phi) is 9.40. The molecule has 1 aliphatic heterocycles. The number of rotatable bonds is 9. The van der Waals surface area contributed by atoms with E-state index in [1.807, 2.05) is 11.9 Å². The lowest BCUT2D eigenvalue weighted by Gasteiger charge is -2.33. The van der Waals surface area contributed by atoms with Gasteiger partial charge < -0.3 is 25.7 Å². The van der Waals surface area contributed by atoms with Gasteiger partial charge >= 0.3 is 6.18 Å². The molecule has 1 aliphatic rings. The summed E-state index contributed by atoms with van der Waals surface area (Å²) in [6.45, 7) is 4.84. The van der Waals surface area contributed by atoms with E-state index in [-0.39, 0.29) is 35.0 Å². The van der Waals surface area contributed by atoms with Crippen LogP contribution in [-0.4, -0.2) is 77.1 Å². The van der Waals surface area contributed by atoms with E-state index in [1.165, 1.54) is 18.2 Å². The third-order valence-electron chi connectivity index (χ3n) is 7.56. The van der Waals surface area contributed by atoms with Gasteiger partial charge in [-0.1, -0.05) is 12.1 Å². The van der Waals surface area contributed by atoms with E-state index in [9.17, 15) is 18.0 Å². The molecule has 1 saturated heterocycles. The highest BCUT2D eigenvalue weighted by molar-refractivity contribution is 6.05. The zero-order chi connectivity index (χ0) is 32.1. The number of piperazine rings is 1. The first-order valence-electron chi connectivity index (χ1n) is 14.3. The Hall–Kier alpha value is -4.88. The van der Waals surface area contributed by atoms with Crippen molar-refractivity contribution >= 4 is 23.6 Å². The predicted octanol–water partition coefficient (Wildman–Crippen LogP) is 5.70. The number of ether oxygens (including phenoxy) is 1. The number of amides is 1. The number of pyridine rings is 1. The topological polar surface area (TPSA) is 119 Å². The number of anilines is 2. The third-order valence-corrected chi connectivity index (χ3v) is 7.56. The summed E-state index contributed by atoms with van der Waals surface area (Å²) < 4.78 is 48.3. The molecule has 0 atom stereocenters. The summed E-state index contributed by atoms with van der Waals surface area (Å²) in [7, 11) is 3.65. The maximum atomic E-state index is 14.1. The van der Waals surface area contributed by atoms with Gasteiger partial charge in [0, 0.05) is 75.2 Å². The summed E-state index contributed by atoms with van der Waals surface area (Å²) in [5, 5.41) is 13.5. The second-order valence-electron chi connectivity index (χ2n) is 10.7. The zero-order valence-electron chi connectivity index (χ0n) is 25.1. The van der Waals surface area contributed by atoms with Crippen LogP contribution in [0.2, 0.25) is 0 Å². The monoisotopic (exact) mass is 618 g/mol. The molecule has 4 aromatic rings. The molecule has 3 N–H and O–H groups in total. The van der Waals surface area contributed by atoms with Crippen molar-refractivity contribution in [1.29, 1.82) is 5.41 Å². The molecule has 1 fully saturated rings. The molecule has 2 aromatic carbocycles. The number of likely N-dealkylation sites (N-methyl/N-ethyl adjacent to an activating group) is 1. The standard InChI is InChI=1S/C32H33F3N8O2/c1-20-4-7-24(45-31-26(18-36)29(37-2)40-28(41-31)21-8-10-38-11-9-21)17-25(20)30(44)39-23-6-5-22(27(16-23)32(33,34)35)19-43-14-12-42(3)13-15-43/h4-11,16-18,36H,12-15,19H2,1-3H3,(H,39,44)(H,37,40,41). The number of nitrogens with zero attached hydrogens (tertiary/aromatic N) is 5. The fraction of sp³-hybridized carbons (Fsp3) is 0.281. The van der Waals surface area contributed by atoms with Gasteiger partial charge in [-0.2, -0.15) is 18.2 Å². The molecule has 0 radical (unpaired) electrons.